The number of hydrogen-bond acceptors (Lipinski definition) is 3. The molecule has 0 heterocycles. The van der Waals surface area contributed by atoms with Crippen molar-refractivity contribution < 1.29 is 4.43 Å². The molecule has 0 aliphatic rings. The van der Waals surface area contributed by atoms with E-state index in [1.807, 2.05) is 7.11 Å². The third-order valence-electron chi connectivity index (χ3n) is 5.46. The van der Waals surface area contributed by atoms with Gasteiger partial charge in [0.1, 0.15) is 0 Å². The predicted octanol–water partition coefficient (Wildman–Crippen LogP) is 7.09. The van der Waals surface area contributed by atoms with Crippen LogP contribution in [0.15, 0.2) is 10.2 Å². The van der Waals surface area contributed by atoms with Crippen molar-refractivity contribution in [1.29, 1.82) is 0 Å². The lowest BCUT2D eigenvalue weighted by atomic mass is 9.90. The Kier molecular flexibility index (Phi) is 7.49. The second-order valence-corrected chi connectivity index (χ2v) is 16.9. The first-order valence-corrected chi connectivity index (χ1v) is 11.6. The van der Waals surface area contributed by atoms with Crippen LogP contribution in [0, 0.1) is 10.8 Å². The second-order valence-electron chi connectivity index (χ2n) is 11.4. The molecule has 0 aliphatic heterocycles. The van der Waals surface area contributed by atoms with Crippen LogP contribution in [0.3, 0.4) is 0 Å². The lowest BCUT2D eigenvalue weighted by molar-refractivity contribution is 0.329. The first kappa shape index (κ1) is 24.5. The minimum Gasteiger partial charge on any atom is -0.419 e. The van der Waals surface area contributed by atoms with Crippen molar-refractivity contribution in [2.75, 3.05) is 7.11 Å². The molecule has 0 aromatic rings. The van der Waals surface area contributed by atoms with Crippen LogP contribution in [0.4, 0.5) is 0 Å². The van der Waals surface area contributed by atoms with Gasteiger partial charge < -0.3 is 4.43 Å². The van der Waals surface area contributed by atoms with Gasteiger partial charge in [-0.1, -0.05) is 83.1 Å². The summed E-state index contributed by atoms with van der Waals surface area (Å²) in [6, 6.07) is 0.904. The van der Waals surface area contributed by atoms with Crippen LogP contribution in [0.25, 0.3) is 0 Å². The molecule has 0 aliphatic carbocycles. The van der Waals surface area contributed by atoms with Crippen LogP contribution in [0.1, 0.15) is 90.0 Å². The highest BCUT2D eigenvalue weighted by atomic mass is 28.4. The molecule has 0 radical (unpaired) electrons. The van der Waals surface area contributed by atoms with E-state index in [-0.39, 0.29) is 20.9 Å². The highest BCUT2D eigenvalue weighted by molar-refractivity contribution is 6.82. The number of nitrogens with zero attached hydrogens (tertiary/aromatic N) is 2. The van der Waals surface area contributed by atoms with Crippen molar-refractivity contribution in [1.82, 2.24) is 0 Å². The Balaban J connectivity index is 6.27. The Morgan fingerprint density at radius 3 is 1.36 bits per heavy atom. The van der Waals surface area contributed by atoms with Gasteiger partial charge in [0, 0.05) is 35.4 Å². The molecule has 4 heteroatoms. The van der Waals surface area contributed by atoms with Gasteiger partial charge in [0.05, 0.1) is 0 Å². The number of hydrogen-bond donors (Lipinski definition) is 0. The largest absolute Gasteiger partial charge is 0.419 e. The molecule has 0 saturated carbocycles. The molecule has 0 N–H and O–H groups in total. The summed E-state index contributed by atoms with van der Waals surface area (Å²) in [6.45, 7) is 29.2. The Morgan fingerprint density at radius 1 is 0.720 bits per heavy atom. The van der Waals surface area contributed by atoms with Crippen molar-refractivity contribution in [2.45, 2.75) is 106 Å². The van der Waals surface area contributed by atoms with Crippen molar-refractivity contribution in [2.24, 2.45) is 21.0 Å². The summed E-state index contributed by atoms with van der Waals surface area (Å²) in [6.07, 6.45) is 0. The van der Waals surface area contributed by atoms with Gasteiger partial charge in [-0.3, -0.25) is 0 Å². The van der Waals surface area contributed by atoms with Gasteiger partial charge in [-0.05, 0) is 17.0 Å². The Hall–Kier alpha value is -0.483. The average molecular weight is 369 g/mol. The Morgan fingerprint density at radius 2 is 1.12 bits per heavy atom. The monoisotopic (exact) mass is 368 g/mol. The van der Waals surface area contributed by atoms with E-state index in [0.717, 1.165) is 17.5 Å². The lowest BCUT2D eigenvalue weighted by Crippen LogP contribution is -2.56. The Bertz CT molecular complexity index is 492. The molecule has 0 rings (SSSR count). The third kappa shape index (κ3) is 6.02. The summed E-state index contributed by atoms with van der Waals surface area (Å²) >= 11 is 0. The molecular formula is C21H44N2OSi. The molecule has 0 spiro atoms. The molecule has 3 nitrogen and oxygen atoms in total. The third-order valence-corrected chi connectivity index (χ3v) is 11.8. The molecule has 148 valence electrons. The summed E-state index contributed by atoms with van der Waals surface area (Å²) in [4.78, 5) is 0. The van der Waals surface area contributed by atoms with Crippen molar-refractivity contribution in [3.8, 4) is 0 Å². The van der Waals surface area contributed by atoms with Crippen LogP contribution in [-0.2, 0) is 4.43 Å². The molecule has 0 atom stereocenters. The van der Waals surface area contributed by atoms with E-state index < -0.39 is 8.32 Å². The zero-order valence-electron chi connectivity index (χ0n) is 19.5. The zero-order valence-corrected chi connectivity index (χ0v) is 20.5. The first-order valence-electron chi connectivity index (χ1n) is 9.47. The maximum absolute atomic E-state index is 6.38. The molecule has 0 saturated heterocycles. The molecule has 0 unspecified atom stereocenters. The number of rotatable bonds is 4. The Labute approximate surface area is 158 Å². The minimum absolute atomic E-state index is 0.0328. The quantitative estimate of drug-likeness (QED) is 0.296. The van der Waals surface area contributed by atoms with Gasteiger partial charge in [-0.2, -0.15) is 10.2 Å². The summed E-state index contributed by atoms with van der Waals surface area (Å²) in [7, 11) is -0.268. The van der Waals surface area contributed by atoms with Crippen molar-refractivity contribution >= 4 is 19.7 Å². The van der Waals surface area contributed by atoms with Gasteiger partial charge in [0.25, 0.3) is 0 Å². The standard InChI is InChI=1S/C21H44N2OSi/c1-16(18(2,3)4)22-23-17(19(5,6)7)15-25(24-14,20(8,9)10)21(11,12)13/h15H2,1-14H3/b22-16+,23-17+. The van der Waals surface area contributed by atoms with E-state index in [0.29, 0.717) is 0 Å². The van der Waals surface area contributed by atoms with E-state index in [1.165, 1.54) is 0 Å². The van der Waals surface area contributed by atoms with E-state index in [4.69, 9.17) is 9.53 Å². The van der Waals surface area contributed by atoms with Gasteiger partial charge in [-0.15, -0.1) is 0 Å². The fourth-order valence-corrected chi connectivity index (χ4v) is 9.06. The summed E-state index contributed by atoms with van der Waals surface area (Å²) in [5.74, 6) is 0. The molecule has 0 aromatic heterocycles. The normalized spacial score (nSPS) is 16.4. The van der Waals surface area contributed by atoms with Crippen molar-refractivity contribution in [3.63, 3.8) is 0 Å². The summed E-state index contributed by atoms with van der Waals surface area (Å²) in [5.41, 5.74) is 2.21. The van der Waals surface area contributed by atoms with E-state index in [1.54, 1.807) is 0 Å². The average Bonchev–Trinajstić information content (AvgIpc) is 2.32. The lowest BCUT2D eigenvalue weighted by Gasteiger charge is -2.51. The zero-order chi connectivity index (χ0) is 20.5. The minimum atomic E-state index is -2.16. The van der Waals surface area contributed by atoms with Crippen LogP contribution >= 0.6 is 0 Å². The maximum atomic E-state index is 6.38. The SMILES string of the molecule is CO[Si](C/C(=N\N=C(/C)C(C)(C)C)C(C)(C)C)(C(C)(C)C)C(C)(C)C. The van der Waals surface area contributed by atoms with Crippen LogP contribution in [0.5, 0.6) is 0 Å². The van der Waals surface area contributed by atoms with Gasteiger partial charge in [-0.25, -0.2) is 0 Å². The smallest absolute Gasteiger partial charge is 0.208 e. The van der Waals surface area contributed by atoms with Crippen molar-refractivity contribution in [3.05, 3.63) is 0 Å². The van der Waals surface area contributed by atoms with Gasteiger partial charge >= 0.3 is 0 Å². The van der Waals surface area contributed by atoms with Crippen LogP contribution in [-0.4, -0.2) is 26.9 Å². The van der Waals surface area contributed by atoms with E-state index in [2.05, 4.69) is 95.1 Å². The predicted molar refractivity (Wildman–Crippen MR) is 116 cm³/mol. The van der Waals surface area contributed by atoms with E-state index in [9.17, 15) is 0 Å². The van der Waals surface area contributed by atoms with E-state index >= 15 is 0 Å². The maximum Gasteiger partial charge on any atom is 0.208 e. The van der Waals surface area contributed by atoms with Crippen LogP contribution in [0.2, 0.25) is 16.1 Å². The van der Waals surface area contributed by atoms with Crippen LogP contribution < -0.4 is 0 Å². The van der Waals surface area contributed by atoms with Gasteiger partial charge in [0.2, 0.25) is 8.32 Å². The fourth-order valence-electron chi connectivity index (χ4n) is 3.31. The first-order chi connectivity index (χ1) is 10.8. The molecule has 25 heavy (non-hydrogen) atoms. The molecule has 0 fully saturated rings. The summed E-state index contributed by atoms with van der Waals surface area (Å²) in [5, 5.41) is 9.61. The highest BCUT2D eigenvalue weighted by Crippen LogP contribution is 2.54. The molecular weight excluding hydrogens is 324 g/mol. The van der Waals surface area contributed by atoms with Gasteiger partial charge in [0.15, 0.2) is 0 Å². The molecule has 0 amide bonds. The second kappa shape index (κ2) is 7.64. The summed E-state index contributed by atoms with van der Waals surface area (Å²) < 4.78 is 6.38. The fraction of sp³-hybridized carbons (Fsp3) is 0.905. The molecule has 0 aromatic carbocycles. The molecule has 0 bridgehead atoms. The highest BCUT2D eigenvalue weighted by Gasteiger charge is 2.55. The topological polar surface area (TPSA) is 34.0 Å².